The lowest BCUT2D eigenvalue weighted by atomic mass is 10.1. The van der Waals surface area contributed by atoms with Crippen molar-refractivity contribution in [1.29, 1.82) is 0 Å². The summed E-state index contributed by atoms with van der Waals surface area (Å²) in [5.74, 6) is 0. The first-order chi connectivity index (χ1) is 16.7. The highest BCUT2D eigenvalue weighted by molar-refractivity contribution is 7.80. The first-order valence-corrected chi connectivity index (χ1v) is 14.1. The molecule has 0 aromatic heterocycles. The molecule has 0 bridgehead atoms. The Morgan fingerprint density at radius 2 is 0.941 bits per heavy atom. The van der Waals surface area contributed by atoms with E-state index in [1.54, 1.807) is 0 Å². The van der Waals surface area contributed by atoms with Crippen molar-refractivity contribution in [3.05, 3.63) is 36.4 Å². The van der Waals surface area contributed by atoms with E-state index in [2.05, 4.69) is 71.5 Å². The van der Waals surface area contributed by atoms with Gasteiger partial charge in [0, 0.05) is 35.2 Å². The maximum absolute atomic E-state index is 5.55. The van der Waals surface area contributed by atoms with E-state index in [0.29, 0.717) is 10.2 Å². The summed E-state index contributed by atoms with van der Waals surface area (Å²) in [7, 11) is 0. The Kier molecular flexibility index (Phi) is 14.6. The summed E-state index contributed by atoms with van der Waals surface area (Å²) in [5, 5.41) is 17.1. The van der Waals surface area contributed by atoms with Crippen LogP contribution in [0.4, 0.5) is 11.4 Å². The zero-order valence-corrected chi connectivity index (χ0v) is 22.8. The van der Waals surface area contributed by atoms with Crippen LogP contribution >= 0.6 is 24.4 Å². The Morgan fingerprint density at radius 1 is 0.559 bits per heavy atom. The van der Waals surface area contributed by atoms with Crippen molar-refractivity contribution in [2.24, 2.45) is 0 Å². The van der Waals surface area contributed by atoms with Crippen LogP contribution in [0.3, 0.4) is 0 Å². The van der Waals surface area contributed by atoms with Crippen molar-refractivity contribution < 1.29 is 0 Å². The molecular formula is C28H44N4S2. The van der Waals surface area contributed by atoms with Crippen LogP contribution < -0.4 is 21.3 Å². The summed E-state index contributed by atoms with van der Waals surface area (Å²) in [4.78, 5) is 0. The summed E-state index contributed by atoms with van der Waals surface area (Å²) in [6.07, 6.45) is 15.4. The molecule has 0 radical (unpaired) electrons. The number of hydrogen-bond donors (Lipinski definition) is 4. The summed E-state index contributed by atoms with van der Waals surface area (Å²) in [6.45, 7) is 6.32. The third-order valence-electron chi connectivity index (χ3n) is 6.05. The van der Waals surface area contributed by atoms with Gasteiger partial charge in [-0.2, -0.15) is 0 Å². The summed E-state index contributed by atoms with van der Waals surface area (Å²) in [5.41, 5.74) is 2.01. The predicted molar refractivity (Wildman–Crippen MR) is 159 cm³/mol. The van der Waals surface area contributed by atoms with E-state index in [1.807, 2.05) is 0 Å². The summed E-state index contributed by atoms with van der Waals surface area (Å²) >= 11 is 11.1. The molecule has 0 heterocycles. The van der Waals surface area contributed by atoms with Gasteiger partial charge in [0.15, 0.2) is 10.2 Å². The molecule has 0 aliphatic carbocycles. The normalized spacial score (nSPS) is 10.8. The number of unbranched alkanes of at least 4 members (excludes halogenated alkanes) is 10. The lowest BCUT2D eigenvalue weighted by molar-refractivity contribution is 0.603. The van der Waals surface area contributed by atoms with E-state index in [9.17, 15) is 0 Å². The smallest absolute Gasteiger partial charge is 0.170 e. The average Bonchev–Trinajstić information content (AvgIpc) is 2.83. The second kappa shape index (κ2) is 17.5. The molecule has 0 atom stereocenters. The molecule has 0 saturated carbocycles. The number of benzene rings is 2. The maximum atomic E-state index is 5.55. The van der Waals surface area contributed by atoms with Crippen molar-refractivity contribution in [2.75, 3.05) is 23.7 Å². The van der Waals surface area contributed by atoms with Gasteiger partial charge in [0.25, 0.3) is 0 Å². The molecule has 188 valence electrons. The van der Waals surface area contributed by atoms with Crippen LogP contribution in [0, 0.1) is 0 Å². The van der Waals surface area contributed by atoms with Gasteiger partial charge in [0.05, 0.1) is 0 Å². The largest absolute Gasteiger partial charge is 0.362 e. The Balaban J connectivity index is 1.82. The van der Waals surface area contributed by atoms with Crippen molar-refractivity contribution in [3.63, 3.8) is 0 Å². The van der Waals surface area contributed by atoms with Gasteiger partial charge in [-0.05, 0) is 49.4 Å². The Labute approximate surface area is 218 Å². The first-order valence-electron chi connectivity index (χ1n) is 13.3. The number of rotatable bonds is 16. The second-order valence-electron chi connectivity index (χ2n) is 9.00. The molecule has 2 aromatic carbocycles. The van der Waals surface area contributed by atoms with Gasteiger partial charge >= 0.3 is 0 Å². The highest BCUT2D eigenvalue weighted by Gasteiger charge is 2.07. The van der Waals surface area contributed by atoms with Crippen molar-refractivity contribution in [2.45, 2.75) is 90.9 Å². The lowest BCUT2D eigenvalue weighted by Crippen LogP contribution is -2.29. The van der Waals surface area contributed by atoms with Crippen LogP contribution in [-0.4, -0.2) is 23.3 Å². The second-order valence-corrected chi connectivity index (χ2v) is 9.82. The molecule has 0 amide bonds. The van der Waals surface area contributed by atoms with Crippen LogP contribution in [0.2, 0.25) is 0 Å². The molecule has 0 spiro atoms. The first kappa shape index (κ1) is 28.3. The maximum Gasteiger partial charge on any atom is 0.170 e. The van der Waals surface area contributed by atoms with Crippen molar-refractivity contribution >= 4 is 56.8 Å². The Hall–Kier alpha value is -1.92. The van der Waals surface area contributed by atoms with Crippen molar-refractivity contribution in [3.8, 4) is 0 Å². The minimum Gasteiger partial charge on any atom is -0.362 e. The van der Waals surface area contributed by atoms with E-state index in [0.717, 1.165) is 48.1 Å². The molecule has 4 N–H and O–H groups in total. The molecule has 0 saturated heterocycles. The fraction of sp³-hybridized carbons (Fsp3) is 0.571. The van der Waals surface area contributed by atoms with Crippen LogP contribution in [0.15, 0.2) is 36.4 Å². The van der Waals surface area contributed by atoms with Crippen LogP contribution in [0.25, 0.3) is 10.8 Å². The fourth-order valence-electron chi connectivity index (χ4n) is 4.08. The van der Waals surface area contributed by atoms with E-state index in [1.165, 1.54) is 64.2 Å². The van der Waals surface area contributed by atoms with Gasteiger partial charge in [-0.3, -0.25) is 0 Å². The molecule has 6 heteroatoms. The van der Waals surface area contributed by atoms with Crippen LogP contribution in [-0.2, 0) is 0 Å². The number of fused-ring (bicyclic) bond motifs is 1. The van der Waals surface area contributed by atoms with Gasteiger partial charge in [-0.1, -0.05) is 102 Å². The zero-order valence-electron chi connectivity index (χ0n) is 21.2. The lowest BCUT2D eigenvalue weighted by Gasteiger charge is -2.16. The number of nitrogens with one attached hydrogen (secondary N) is 4. The van der Waals surface area contributed by atoms with Crippen molar-refractivity contribution in [1.82, 2.24) is 10.6 Å². The third kappa shape index (κ3) is 11.0. The average molecular weight is 501 g/mol. The molecule has 2 aromatic rings. The van der Waals surface area contributed by atoms with Crippen LogP contribution in [0.1, 0.15) is 90.9 Å². The van der Waals surface area contributed by atoms with Gasteiger partial charge in [-0.15, -0.1) is 0 Å². The fourth-order valence-corrected chi connectivity index (χ4v) is 4.50. The Bertz CT molecular complexity index is 797. The molecule has 2 rings (SSSR count). The highest BCUT2D eigenvalue weighted by atomic mass is 32.1. The standard InChI is InChI=1S/C28H44N4S2/c1-3-5-7-9-11-13-21-29-27(33)31-25-19-15-18-24-23(25)17-16-20-26(24)32-28(34)30-22-14-12-10-8-6-4-2/h15-20H,3-14,21-22H2,1-2H3,(H2,29,31,33)(H2,30,32,34). The summed E-state index contributed by atoms with van der Waals surface area (Å²) in [6, 6.07) is 12.5. The molecule has 0 aliphatic rings. The quantitative estimate of drug-likeness (QED) is 0.138. The Morgan fingerprint density at radius 3 is 1.35 bits per heavy atom. The van der Waals surface area contributed by atoms with E-state index in [4.69, 9.17) is 24.4 Å². The highest BCUT2D eigenvalue weighted by Crippen LogP contribution is 2.29. The summed E-state index contributed by atoms with van der Waals surface area (Å²) < 4.78 is 0. The van der Waals surface area contributed by atoms with Crippen LogP contribution in [0.5, 0.6) is 0 Å². The number of hydrogen-bond acceptors (Lipinski definition) is 2. The molecule has 34 heavy (non-hydrogen) atoms. The molecule has 4 nitrogen and oxygen atoms in total. The monoisotopic (exact) mass is 500 g/mol. The molecule has 0 aliphatic heterocycles. The van der Waals surface area contributed by atoms with E-state index < -0.39 is 0 Å². The predicted octanol–water partition coefficient (Wildman–Crippen LogP) is 8.13. The van der Waals surface area contributed by atoms with Gasteiger partial charge in [0.1, 0.15) is 0 Å². The van der Waals surface area contributed by atoms with Gasteiger partial charge in [-0.25, -0.2) is 0 Å². The number of thiocarbonyl (C=S) groups is 2. The molecule has 0 fully saturated rings. The van der Waals surface area contributed by atoms with Gasteiger partial charge < -0.3 is 21.3 Å². The third-order valence-corrected chi connectivity index (χ3v) is 6.54. The topological polar surface area (TPSA) is 48.1 Å². The molecular weight excluding hydrogens is 456 g/mol. The minimum absolute atomic E-state index is 0.676. The zero-order chi connectivity index (χ0) is 24.4. The SMILES string of the molecule is CCCCCCCCNC(=S)Nc1cccc2c(NC(=S)NCCCCCCCC)cccc12. The van der Waals surface area contributed by atoms with Gasteiger partial charge in [0.2, 0.25) is 0 Å². The minimum atomic E-state index is 0.676. The van der Waals surface area contributed by atoms with E-state index in [-0.39, 0.29) is 0 Å². The molecule has 0 unspecified atom stereocenters. The van der Waals surface area contributed by atoms with E-state index >= 15 is 0 Å². The number of anilines is 2.